The largest absolute Gasteiger partial charge is 0.478 e. The summed E-state index contributed by atoms with van der Waals surface area (Å²) in [5, 5.41) is 2.46. The number of likely N-dealkylation sites (tertiary alicyclic amines) is 2. The fourth-order valence-electron chi connectivity index (χ4n) is 7.15. The molecule has 51 heavy (non-hydrogen) atoms. The standard InChI is InChI=1S/C41H42ClN3O6/c1-5-37(46)44-23-26(24-44)25-45-35-22-34(42)33(32-20-30(49-29-12-7-6-8-13-29)19-28-11-9-10-14-31(28)32)21-36(35)50-38(39(45)47)27-15-17-43(18-16-27)40(48)51-41(2,3)4/h5-14,19-22,26-27,38H,1,15-18,23-25H2,2-4H3. The van der Waals surface area contributed by atoms with Crippen molar-refractivity contribution in [3.05, 3.63) is 96.5 Å². The average Bonchev–Trinajstić information content (AvgIpc) is 3.09. The molecule has 0 aromatic heterocycles. The maximum Gasteiger partial charge on any atom is 0.410 e. The number of amides is 3. The van der Waals surface area contributed by atoms with E-state index in [-0.39, 0.29) is 29.7 Å². The van der Waals surface area contributed by atoms with Gasteiger partial charge in [0.25, 0.3) is 5.91 Å². The monoisotopic (exact) mass is 707 g/mol. The number of hydrogen-bond acceptors (Lipinski definition) is 6. The smallest absolute Gasteiger partial charge is 0.410 e. The zero-order chi connectivity index (χ0) is 35.9. The minimum atomic E-state index is -0.747. The number of carbonyl (C=O) groups is 3. The van der Waals surface area contributed by atoms with Gasteiger partial charge in [0.2, 0.25) is 5.91 Å². The van der Waals surface area contributed by atoms with Crippen molar-refractivity contribution in [1.82, 2.24) is 9.80 Å². The van der Waals surface area contributed by atoms with Gasteiger partial charge in [-0.25, -0.2) is 4.79 Å². The summed E-state index contributed by atoms with van der Waals surface area (Å²) in [7, 11) is 0. The molecule has 4 aromatic carbocycles. The second-order valence-electron chi connectivity index (χ2n) is 14.5. The lowest BCUT2D eigenvalue weighted by Gasteiger charge is -2.45. The summed E-state index contributed by atoms with van der Waals surface area (Å²) in [6.07, 6.45) is 1.40. The molecular weight excluding hydrogens is 666 g/mol. The molecule has 2 fully saturated rings. The lowest BCUT2D eigenvalue weighted by Crippen LogP contribution is -2.58. The van der Waals surface area contributed by atoms with Gasteiger partial charge in [-0.05, 0) is 92.4 Å². The third kappa shape index (κ3) is 7.26. The van der Waals surface area contributed by atoms with E-state index in [2.05, 4.69) is 12.6 Å². The number of hydrogen-bond donors (Lipinski definition) is 0. The maximum atomic E-state index is 14.3. The fraction of sp³-hybridized carbons (Fsp3) is 0.341. The van der Waals surface area contributed by atoms with Gasteiger partial charge in [-0.1, -0.05) is 60.6 Å². The lowest BCUT2D eigenvalue weighted by molar-refractivity contribution is -0.132. The fourth-order valence-corrected chi connectivity index (χ4v) is 7.41. The molecule has 0 radical (unpaired) electrons. The summed E-state index contributed by atoms with van der Waals surface area (Å²) in [5.41, 5.74) is 1.64. The van der Waals surface area contributed by atoms with Crippen LogP contribution in [0, 0.1) is 11.8 Å². The number of anilines is 1. The Kier molecular flexibility index (Phi) is 9.42. The van der Waals surface area contributed by atoms with E-state index in [0.717, 1.165) is 27.6 Å². The topological polar surface area (TPSA) is 88.6 Å². The van der Waals surface area contributed by atoms with Crippen LogP contribution in [-0.2, 0) is 14.3 Å². The van der Waals surface area contributed by atoms with Gasteiger partial charge in [-0.2, -0.15) is 0 Å². The number of para-hydroxylation sites is 1. The Morgan fingerprint density at radius 3 is 2.33 bits per heavy atom. The minimum Gasteiger partial charge on any atom is -0.478 e. The van der Waals surface area contributed by atoms with E-state index in [1.54, 1.807) is 14.7 Å². The average molecular weight is 708 g/mol. The molecule has 1 atom stereocenters. The SMILES string of the molecule is C=CC(=O)N1CC(CN2C(=O)C(C3CCN(C(=O)OC(C)(C)C)CC3)Oc3cc(-c4cc(Oc5ccccc5)cc5ccccc45)c(Cl)cc32)C1. The maximum absolute atomic E-state index is 14.3. The van der Waals surface area contributed by atoms with Crippen molar-refractivity contribution < 1.29 is 28.6 Å². The molecule has 1 unspecified atom stereocenters. The Morgan fingerprint density at radius 1 is 0.922 bits per heavy atom. The second kappa shape index (κ2) is 13.9. The number of carbonyl (C=O) groups excluding carboxylic acids is 3. The van der Waals surface area contributed by atoms with Crippen LogP contribution < -0.4 is 14.4 Å². The molecule has 7 rings (SSSR count). The van der Waals surface area contributed by atoms with Crippen LogP contribution in [0.3, 0.4) is 0 Å². The van der Waals surface area contributed by atoms with Gasteiger partial charge in [0.05, 0.1) is 10.7 Å². The Bertz CT molecular complexity index is 1980. The molecule has 264 valence electrons. The first-order chi connectivity index (χ1) is 24.5. The van der Waals surface area contributed by atoms with E-state index in [4.69, 9.17) is 25.8 Å². The van der Waals surface area contributed by atoms with Crippen LogP contribution in [0.5, 0.6) is 17.2 Å². The first-order valence-electron chi connectivity index (χ1n) is 17.4. The number of nitrogens with zero attached hydrogens (tertiary/aromatic N) is 3. The number of piperidine rings is 1. The molecule has 3 aliphatic heterocycles. The van der Waals surface area contributed by atoms with Crippen LogP contribution in [0.15, 0.2) is 91.5 Å². The molecule has 3 aliphatic rings. The molecule has 0 N–H and O–H groups in total. The summed E-state index contributed by atoms with van der Waals surface area (Å²) < 4.78 is 18.5. The van der Waals surface area contributed by atoms with Crippen LogP contribution in [0.25, 0.3) is 21.9 Å². The first kappa shape index (κ1) is 34.4. The van der Waals surface area contributed by atoms with Crippen LogP contribution in [-0.4, -0.2) is 72.1 Å². The molecule has 0 spiro atoms. The van der Waals surface area contributed by atoms with Crippen molar-refractivity contribution in [2.45, 2.75) is 45.3 Å². The normalized spacial score (nSPS) is 18.2. The van der Waals surface area contributed by atoms with Crippen LogP contribution >= 0.6 is 11.6 Å². The molecule has 2 saturated heterocycles. The second-order valence-corrected chi connectivity index (χ2v) is 14.9. The highest BCUT2D eigenvalue weighted by Gasteiger charge is 2.44. The van der Waals surface area contributed by atoms with Gasteiger partial charge >= 0.3 is 6.09 Å². The highest BCUT2D eigenvalue weighted by molar-refractivity contribution is 6.34. The van der Waals surface area contributed by atoms with Gasteiger partial charge in [0.1, 0.15) is 22.8 Å². The molecule has 3 heterocycles. The third-order valence-corrected chi connectivity index (χ3v) is 10.0. The summed E-state index contributed by atoms with van der Waals surface area (Å²) in [6.45, 7) is 11.6. The van der Waals surface area contributed by atoms with Crippen LogP contribution in [0.2, 0.25) is 5.02 Å². The number of fused-ring (bicyclic) bond motifs is 2. The summed E-state index contributed by atoms with van der Waals surface area (Å²) in [6, 6.07) is 25.4. The Morgan fingerprint density at radius 2 is 1.63 bits per heavy atom. The van der Waals surface area contributed by atoms with E-state index in [9.17, 15) is 14.4 Å². The Hall–Kier alpha value is -5.02. The number of benzene rings is 4. The van der Waals surface area contributed by atoms with Gasteiger partial charge in [-0.15, -0.1) is 0 Å². The number of ether oxygens (including phenoxy) is 3. The molecule has 0 bridgehead atoms. The summed E-state index contributed by atoms with van der Waals surface area (Å²) in [5.74, 6) is 1.66. The summed E-state index contributed by atoms with van der Waals surface area (Å²) in [4.78, 5) is 44.5. The summed E-state index contributed by atoms with van der Waals surface area (Å²) >= 11 is 7.12. The Labute approximate surface area is 303 Å². The van der Waals surface area contributed by atoms with E-state index in [0.29, 0.717) is 67.8 Å². The zero-order valence-corrected chi connectivity index (χ0v) is 29.9. The quantitative estimate of drug-likeness (QED) is 0.180. The van der Waals surface area contributed by atoms with E-state index < -0.39 is 11.7 Å². The van der Waals surface area contributed by atoms with Gasteiger partial charge in [-0.3, -0.25) is 9.59 Å². The van der Waals surface area contributed by atoms with Crippen molar-refractivity contribution in [3.63, 3.8) is 0 Å². The van der Waals surface area contributed by atoms with Crippen molar-refractivity contribution >= 4 is 46.0 Å². The van der Waals surface area contributed by atoms with Gasteiger partial charge < -0.3 is 28.9 Å². The third-order valence-electron chi connectivity index (χ3n) is 9.71. The van der Waals surface area contributed by atoms with Crippen molar-refractivity contribution in [3.8, 4) is 28.4 Å². The highest BCUT2D eigenvalue weighted by Crippen LogP contribution is 2.46. The van der Waals surface area contributed by atoms with E-state index in [1.165, 1.54) is 6.08 Å². The number of rotatable bonds is 7. The lowest BCUT2D eigenvalue weighted by atomic mass is 9.88. The molecule has 0 aliphatic carbocycles. The van der Waals surface area contributed by atoms with Crippen LogP contribution in [0.4, 0.5) is 10.5 Å². The minimum absolute atomic E-state index is 0.0904. The molecule has 0 saturated carbocycles. The Balaban J connectivity index is 1.22. The highest BCUT2D eigenvalue weighted by atomic mass is 35.5. The molecule has 10 heteroatoms. The van der Waals surface area contributed by atoms with Gasteiger partial charge in [0.15, 0.2) is 6.10 Å². The van der Waals surface area contributed by atoms with Gasteiger partial charge in [0, 0.05) is 50.1 Å². The predicted molar refractivity (Wildman–Crippen MR) is 198 cm³/mol. The van der Waals surface area contributed by atoms with Crippen molar-refractivity contribution in [2.75, 3.05) is 37.6 Å². The molecule has 9 nitrogen and oxygen atoms in total. The predicted octanol–water partition coefficient (Wildman–Crippen LogP) is 8.34. The number of halogens is 1. The first-order valence-corrected chi connectivity index (χ1v) is 17.8. The zero-order valence-electron chi connectivity index (χ0n) is 29.1. The van der Waals surface area contributed by atoms with E-state index >= 15 is 0 Å². The van der Waals surface area contributed by atoms with Crippen molar-refractivity contribution in [1.29, 1.82) is 0 Å². The molecule has 3 amide bonds. The van der Waals surface area contributed by atoms with Crippen LogP contribution in [0.1, 0.15) is 33.6 Å². The van der Waals surface area contributed by atoms with Crippen molar-refractivity contribution in [2.24, 2.45) is 11.8 Å². The molecular formula is C41H42ClN3O6. The molecule has 4 aromatic rings. The van der Waals surface area contributed by atoms with E-state index in [1.807, 2.05) is 93.6 Å².